The van der Waals surface area contributed by atoms with Crippen molar-refractivity contribution in [2.75, 3.05) is 26.2 Å². The highest BCUT2D eigenvalue weighted by molar-refractivity contribution is 5.77. The standard InChI is InChI=1S/C12H21F2N3/c1-3-11(2)8-15-16-9-12(13,14)10-17-6-4-5-7-17/h3,8,16H,4-7,9-10H2,1-2H3/b11-3-,15-8-. The van der Waals surface area contributed by atoms with Crippen molar-refractivity contribution in [1.29, 1.82) is 0 Å². The fraction of sp³-hybridized carbons (Fsp3) is 0.750. The smallest absolute Gasteiger partial charge is 0.279 e. The molecule has 0 unspecified atom stereocenters. The predicted molar refractivity (Wildman–Crippen MR) is 66.5 cm³/mol. The fourth-order valence-electron chi connectivity index (χ4n) is 1.71. The zero-order valence-electron chi connectivity index (χ0n) is 10.5. The zero-order chi connectivity index (χ0) is 12.7. The molecule has 0 aromatic rings. The van der Waals surface area contributed by atoms with Gasteiger partial charge < -0.3 is 5.43 Å². The topological polar surface area (TPSA) is 27.6 Å². The Hall–Kier alpha value is -0.970. The van der Waals surface area contributed by atoms with Gasteiger partial charge in [-0.15, -0.1) is 0 Å². The number of hydrogen-bond donors (Lipinski definition) is 1. The Labute approximate surface area is 102 Å². The van der Waals surface area contributed by atoms with E-state index in [1.165, 1.54) is 0 Å². The highest BCUT2D eigenvalue weighted by atomic mass is 19.3. The van der Waals surface area contributed by atoms with Crippen LogP contribution >= 0.6 is 0 Å². The maximum Gasteiger partial charge on any atom is 0.279 e. The number of alkyl halides is 2. The van der Waals surface area contributed by atoms with Gasteiger partial charge >= 0.3 is 0 Å². The molecule has 0 bridgehead atoms. The maximum absolute atomic E-state index is 13.5. The minimum absolute atomic E-state index is 0.169. The van der Waals surface area contributed by atoms with E-state index < -0.39 is 12.5 Å². The number of likely N-dealkylation sites (tertiary alicyclic amines) is 1. The van der Waals surface area contributed by atoms with Crippen LogP contribution in [0.3, 0.4) is 0 Å². The van der Waals surface area contributed by atoms with E-state index in [2.05, 4.69) is 10.5 Å². The summed E-state index contributed by atoms with van der Waals surface area (Å²) in [7, 11) is 0. The third kappa shape index (κ3) is 5.77. The molecule has 0 atom stereocenters. The van der Waals surface area contributed by atoms with E-state index in [0.29, 0.717) is 0 Å². The highest BCUT2D eigenvalue weighted by Crippen LogP contribution is 2.17. The van der Waals surface area contributed by atoms with Crippen LogP contribution in [-0.2, 0) is 0 Å². The molecular formula is C12H21F2N3. The molecule has 0 aromatic carbocycles. The van der Waals surface area contributed by atoms with Crippen LogP contribution in [0.2, 0.25) is 0 Å². The first-order chi connectivity index (χ1) is 8.03. The summed E-state index contributed by atoms with van der Waals surface area (Å²) < 4.78 is 27.0. The Balaban J connectivity index is 2.26. The molecule has 5 heteroatoms. The van der Waals surface area contributed by atoms with Gasteiger partial charge in [-0.25, -0.2) is 8.78 Å². The average molecular weight is 245 g/mol. The summed E-state index contributed by atoms with van der Waals surface area (Å²) in [5, 5.41) is 3.76. The molecule has 0 spiro atoms. The third-order valence-electron chi connectivity index (χ3n) is 2.81. The summed E-state index contributed by atoms with van der Waals surface area (Å²) in [6.45, 7) is 4.75. The van der Waals surface area contributed by atoms with Crippen LogP contribution in [-0.4, -0.2) is 43.2 Å². The number of halogens is 2. The second kappa shape index (κ2) is 6.69. The quantitative estimate of drug-likeness (QED) is 0.574. The summed E-state index contributed by atoms with van der Waals surface area (Å²) in [6, 6.07) is 0. The van der Waals surface area contributed by atoms with E-state index in [9.17, 15) is 8.78 Å². The van der Waals surface area contributed by atoms with Gasteiger partial charge in [-0.3, -0.25) is 4.90 Å². The van der Waals surface area contributed by atoms with Crippen molar-refractivity contribution in [1.82, 2.24) is 10.3 Å². The molecule has 17 heavy (non-hydrogen) atoms. The van der Waals surface area contributed by atoms with Crippen molar-refractivity contribution in [2.45, 2.75) is 32.6 Å². The van der Waals surface area contributed by atoms with Gasteiger partial charge in [0.25, 0.3) is 5.92 Å². The Kier molecular flexibility index (Phi) is 5.55. The van der Waals surface area contributed by atoms with Gasteiger partial charge in [0.05, 0.1) is 13.1 Å². The first-order valence-electron chi connectivity index (χ1n) is 6.02. The van der Waals surface area contributed by atoms with Crippen molar-refractivity contribution in [3.63, 3.8) is 0 Å². The molecule has 0 amide bonds. The number of hydrazone groups is 1. The second-order valence-corrected chi connectivity index (χ2v) is 4.46. The minimum atomic E-state index is -2.72. The molecule has 1 rings (SSSR count). The van der Waals surface area contributed by atoms with E-state index in [1.807, 2.05) is 24.8 Å². The van der Waals surface area contributed by atoms with Crippen LogP contribution in [0.5, 0.6) is 0 Å². The lowest BCUT2D eigenvalue weighted by Crippen LogP contribution is -2.41. The monoisotopic (exact) mass is 245 g/mol. The Morgan fingerprint density at radius 1 is 1.41 bits per heavy atom. The third-order valence-corrected chi connectivity index (χ3v) is 2.81. The van der Waals surface area contributed by atoms with Crippen molar-refractivity contribution in [3.8, 4) is 0 Å². The van der Waals surface area contributed by atoms with Gasteiger partial charge in [-0.05, 0) is 45.4 Å². The van der Waals surface area contributed by atoms with Gasteiger partial charge in [0.2, 0.25) is 0 Å². The van der Waals surface area contributed by atoms with Crippen LogP contribution < -0.4 is 5.43 Å². The van der Waals surface area contributed by atoms with Crippen LogP contribution in [0.25, 0.3) is 0 Å². The minimum Gasteiger partial charge on any atom is -0.304 e. The molecule has 0 aliphatic carbocycles. The number of allylic oxidation sites excluding steroid dienone is 2. The first kappa shape index (κ1) is 14.1. The molecule has 1 aliphatic heterocycles. The summed E-state index contributed by atoms with van der Waals surface area (Å²) >= 11 is 0. The fourth-order valence-corrected chi connectivity index (χ4v) is 1.71. The molecule has 1 aliphatic rings. The normalized spacial score (nSPS) is 19.2. The maximum atomic E-state index is 13.5. The molecule has 3 nitrogen and oxygen atoms in total. The largest absolute Gasteiger partial charge is 0.304 e. The highest BCUT2D eigenvalue weighted by Gasteiger charge is 2.32. The van der Waals surface area contributed by atoms with Gasteiger partial charge in [0, 0.05) is 6.21 Å². The summed E-state index contributed by atoms with van der Waals surface area (Å²) in [5.74, 6) is -2.72. The summed E-state index contributed by atoms with van der Waals surface area (Å²) in [5.41, 5.74) is 3.36. The van der Waals surface area contributed by atoms with Crippen molar-refractivity contribution in [3.05, 3.63) is 11.6 Å². The lowest BCUT2D eigenvalue weighted by Gasteiger charge is -2.22. The van der Waals surface area contributed by atoms with Crippen molar-refractivity contribution >= 4 is 6.21 Å². The second-order valence-electron chi connectivity index (χ2n) is 4.46. The molecule has 0 saturated carbocycles. The zero-order valence-corrected chi connectivity index (χ0v) is 10.5. The number of nitrogens with zero attached hydrogens (tertiary/aromatic N) is 2. The van der Waals surface area contributed by atoms with Gasteiger partial charge in [-0.1, -0.05) is 6.08 Å². The average Bonchev–Trinajstić information content (AvgIpc) is 2.76. The van der Waals surface area contributed by atoms with Crippen LogP contribution in [0.15, 0.2) is 16.8 Å². The predicted octanol–water partition coefficient (Wildman–Crippen LogP) is 2.26. The van der Waals surface area contributed by atoms with Crippen LogP contribution in [0.4, 0.5) is 8.78 Å². The molecule has 1 heterocycles. The number of rotatable bonds is 6. The molecule has 0 aromatic heterocycles. The van der Waals surface area contributed by atoms with E-state index in [4.69, 9.17) is 0 Å². The van der Waals surface area contributed by atoms with Gasteiger partial charge in [-0.2, -0.15) is 5.10 Å². The Morgan fingerprint density at radius 3 is 2.65 bits per heavy atom. The van der Waals surface area contributed by atoms with Crippen molar-refractivity contribution in [2.24, 2.45) is 5.10 Å². The lowest BCUT2D eigenvalue weighted by atomic mass is 10.3. The van der Waals surface area contributed by atoms with Crippen molar-refractivity contribution < 1.29 is 8.78 Å². The summed E-state index contributed by atoms with van der Waals surface area (Å²) in [4.78, 5) is 1.81. The first-order valence-corrected chi connectivity index (χ1v) is 6.02. The van der Waals surface area contributed by atoms with E-state index >= 15 is 0 Å². The SMILES string of the molecule is C/C=C(C)\C=N/NCC(F)(F)CN1CCCC1. The van der Waals surface area contributed by atoms with Gasteiger partial charge in [0.15, 0.2) is 0 Å². The number of nitrogens with one attached hydrogen (secondary N) is 1. The van der Waals surface area contributed by atoms with Crippen LogP contribution in [0.1, 0.15) is 26.7 Å². The Morgan fingerprint density at radius 2 is 2.06 bits per heavy atom. The summed E-state index contributed by atoms with van der Waals surface area (Å²) in [6.07, 6.45) is 5.48. The van der Waals surface area contributed by atoms with Gasteiger partial charge in [0.1, 0.15) is 0 Å². The molecule has 1 saturated heterocycles. The van der Waals surface area contributed by atoms with E-state index in [-0.39, 0.29) is 6.54 Å². The molecular weight excluding hydrogens is 224 g/mol. The lowest BCUT2D eigenvalue weighted by molar-refractivity contribution is -0.0251. The van der Waals surface area contributed by atoms with E-state index in [0.717, 1.165) is 31.5 Å². The van der Waals surface area contributed by atoms with Crippen LogP contribution in [0, 0.1) is 0 Å². The molecule has 1 N–H and O–H groups in total. The number of hydrogen-bond acceptors (Lipinski definition) is 3. The molecule has 0 radical (unpaired) electrons. The van der Waals surface area contributed by atoms with E-state index in [1.54, 1.807) is 6.21 Å². The molecule has 1 fully saturated rings. The Bertz CT molecular complexity index is 281. The molecule has 98 valence electrons.